The fourth-order valence-corrected chi connectivity index (χ4v) is 8.85. The Hall–Kier alpha value is -7.74. The van der Waals surface area contributed by atoms with Gasteiger partial charge in [0.15, 0.2) is 0 Å². The van der Waals surface area contributed by atoms with Gasteiger partial charge in [-0.1, -0.05) is 182 Å². The summed E-state index contributed by atoms with van der Waals surface area (Å²) in [4.78, 5) is 2.38. The van der Waals surface area contributed by atoms with Crippen LogP contribution in [0, 0.1) is 0 Å². The molecular formula is C58H39N. The lowest BCUT2D eigenvalue weighted by atomic mass is 9.93. The molecule has 0 N–H and O–H groups in total. The summed E-state index contributed by atoms with van der Waals surface area (Å²) in [7, 11) is 0. The van der Waals surface area contributed by atoms with E-state index in [9.17, 15) is 0 Å². The second-order valence-electron chi connectivity index (χ2n) is 15.3. The SMILES string of the molecule is c1ccc(-c2cccc(-c3ccc(N(c4ccc(-c5cc6ccccc6c6ccccc56)cc4)c4cccc(-c5ccc6ccc7ccccc7c6c5)c4)cc3)c2)cc1. The Balaban J connectivity index is 1.02. The molecule has 1 heteroatoms. The van der Waals surface area contributed by atoms with E-state index in [4.69, 9.17) is 0 Å². The van der Waals surface area contributed by atoms with Crippen LogP contribution >= 0.6 is 0 Å². The molecule has 0 heterocycles. The molecule has 0 aliphatic heterocycles. The van der Waals surface area contributed by atoms with E-state index in [1.165, 1.54) is 87.6 Å². The van der Waals surface area contributed by atoms with Crippen molar-refractivity contribution in [2.45, 2.75) is 0 Å². The third kappa shape index (κ3) is 6.40. The topological polar surface area (TPSA) is 3.24 Å². The van der Waals surface area contributed by atoms with E-state index in [-0.39, 0.29) is 0 Å². The van der Waals surface area contributed by atoms with Crippen LogP contribution in [0.1, 0.15) is 0 Å². The molecule has 0 bridgehead atoms. The number of nitrogens with zero attached hydrogens (tertiary/aromatic N) is 1. The van der Waals surface area contributed by atoms with Crippen molar-refractivity contribution >= 4 is 60.2 Å². The second kappa shape index (κ2) is 14.6. The standard InChI is InChI=1S/C58H39N/c1-2-12-40(13-3-1)45-16-10-17-46(36-45)41-28-32-50(33-29-41)59(51-34-30-44(31-35-51)58-39-49-15-5-7-21-54(49)55-22-8-9-23-56(55)58)52-19-11-18-47(37-52)48-27-26-43-25-24-42-14-4-6-20-53(42)57(43)38-48/h1-39H. The molecule has 0 aliphatic rings. The Morgan fingerprint density at radius 3 is 1.37 bits per heavy atom. The number of benzene rings is 11. The predicted octanol–water partition coefficient (Wildman–Crippen LogP) is 16.4. The molecule has 1 nitrogen and oxygen atoms in total. The molecule has 0 aromatic heterocycles. The van der Waals surface area contributed by atoms with E-state index in [1.807, 2.05) is 0 Å². The third-order valence-corrected chi connectivity index (χ3v) is 11.8. The van der Waals surface area contributed by atoms with Gasteiger partial charge in [0.2, 0.25) is 0 Å². The molecule has 59 heavy (non-hydrogen) atoms. The summed E-state index contributed by atoms with van der Waals surface area (Å²) in [5, 5.41) is 10.1. The third-order valence-electron chi connectivity index (χ3n) is 11.8. The number of fused-ring (bicyclic) bond motifs is 6. The van der Waals surface area contributed by atoms with Crippen molar-refractivity contribution in [1.29, 1.82) is 0 Å². The van der Waals surface area contributed by atoms with E-state index < -0.39 is 0 Å². The lowest BCUT2D eigenvalue weighted by Gasteiger charge is -2.26. The molecule has 0 spiro atoms. The Morgan fingerprint density at radius 1 is 0.203 bits per heavy atom. The molecule has 0 aliphatic carbocycles. The van der Waals surface area contributed by atoms with Gasteiger partial charge in [-0.15, -0.1) is 0 Å². The van der Waals surface area contributed by atoms with E-state index in [2.05, 4.69) is 241 Å². The van der Waals surface area contributed by atoms with Crippen LogP contribution in [-0.4, -0.2) is 0 Å². The Morgan fingerprint density at radius 2 is 0.661 bits per heavy atom. The van der Waals surface area contributed by atoms with Crippen LogP contribution in [0.2, 0.25) is 0 Å². The highest BCUT2D eigenvalue weighted by molar-refractivity contribution is 6.14. The minimum absolute atomic E-state index is 1.10. The first-order valence-corrected chi connectivity index (χ1v) is 20.3. The molecule has 0 atom stereocenters. The van der Waals surface area contributed by atoms with E-state index in [0.29, 0.717) is 0 Å². The summed E-state index contributed by atoms with van der Waals surface area (Å²) >= 11 is 0. The van der Waals surface area contributed by atoms with Gasteiger partial charge in [-0.3, -0.25) is 0 Å². The summed E-state index contributed by atoms with van der Waals surface area (Å²) in [5.74, 6) is 0. The first kappa shape index (κ1) is 34.5. The summed E-state index contributed by atoms with van der Waals surface area (Å²) in [6.07, 6.45) is 0. The molecule has 11 aromatic carbocycles. The maximum atomic E-state index is 2.38. The first-order chi connectivity index (χ1) is 29.2. The lowest BCUT2D eigenvalue weighted by molar-refractivity contribution is 1.28. The maximum Gasteiger partial charge on any atom is 0.0467 e. The molecule has 0 saturated heterocycles. The Kier molecular flexibility index (Phi) is 8.56. The zero-order valence-corrected chi connectivity index (χ0v) is 32.5. The van der Waals surface area contributed by atoms with Crippen LogP contribution in [0.4, 0.5) is 17.1 Å². The van der Waals surface area contributed by atoms with Crippen LogP contribution in [-0.2, 0) is 0 Å². The van der Waals surface area contributed by atoms with E-state index in [0.717, 1.165) is 17.1 Å². The highest BCUT2D eigenvalue weighted by Crippen LogP contribution is 2.41. The lowest BCUT2D eigenvalue weighted by Crippen LogP contribution is -2.10. The average Bonchev–Trinajstić information content (AvgIpc) is 3.32. The average molecular weight is 750 g/mol. The fraction of sp³-hybridized carbons (Fsp3) is 0. The molecule has 11 aromatic rings. The van der Waals surface area contributed by atoms with Gasteiger partial charge in [-0.05, 0) is 142 Å². The van der Waals surface area contributed by atoms with Gasteiger partial charge in [0, 0.05) is 17.1 Å². The molecule has 0 fully saturated rings. The van der Waals surface area contributed by atoms with Crippen molar-refractivity contribution in [1.82, 2.24) is 0 Å². The van der Waals surface area contributed by atoms with Crippen molar-refractivity contribution < 1.29 is 0 Å². The van der Waals surface area contributed by atoms with Crippen molar-refractivity contribution in [3.63, 3.8) is 0 Å². The number of hydrogen-bond donors (Lipinski definition) is 0. The largest absolute Gasteiger partial charge is 0.310 e. The van der Waals surface area contributed by atoms with Crippen molar-refractivity contribution in [2.24, 2.45) is 0 Å². The second-order valence-corrected chi connectivity index (χ2v) is 15.3. The number of hydrogen-bond acceptors (Lipinski definition) is 1. The first-order valence-electron chi connectivity index (χ1n) is 20.3. The quantitative estimate of drug-likeness (QED) is 0.147. The smallest absolute Gasteiger partial charge is 0.0467 e. The molecule has 11 rings (SSSR count). The molecule has 0 unspecified atom stereocenters. The Labute approximate surface area is 344 Å². The monoisotopic (exact) mass is 749 g/mol. The minimum Gasteiger partial charge on any atom is -0.310 e. The van der Waals surface area contributed by atoms with E-state index in [1.54, 1.807) is 0 Å². The summed E-state index contributed by atoms with van der Waals surface area (Å²) < 4.78 is 0. The van der Waals surface area contributed by atoms with Crippen molar-refractivity contribution in [3.05, 3.63) is 237 Å². The molecule has 0 saturated carbocycles. The van der Waals surface area contributed by atoms with Gasteiger partial charge in [-0.25, -0.2) is 0 Å². The zero-order chi connectivity index (χ0) is 39.1. The van der Waals surface area contributed by atoms with Crippen molar-refractivity contribution in [3.8, 4) is 44.5 Å². The van der Waals surface area contributed by atoms with Crippen LogP contribution in [0.3, 0.4) is 0 Å². The highest BCUT2D eigenvalue weighted by Gasteiger charge is 2.16. The highest BCUT2D eigenvalue weighted by atomic mass is 15.1. The zero-order valence-electron chi connectivity index (χ0n) is 32.5. The predicted molar refractivity (Wildman–Crippen MR) is 253 cm³/mol. The van der Waals surface area contributed by atoms with Gasteiger partial charge < -0.3 is 4.90 Å². The number of anilines is 3. The van der Waals surface area contributed by atoms with Crippen molar-refractivity contribution in [2.75, 3.05) is 4.90 Å². The summed E-state index contributed by atoms with van der Waals surface area (Å²) in [5.41, 5.74) is 12.9. The van der Waals surface area contributed by atoms with Gasteiger partial charge in [0.25, 0.3) is 0 Å². The number of rotatable bonds is 7. The van der Waals surface area contributed by atoms with Gasteiger partial charge >= 0.3 is 0 Å². The van der Waals surface area contributed by atoms with Crippen LogP contribution in [0.25, 0.3) is 87.6 Å². The summed E-state index contributed by atoms with van der Waals surface area (Å²) in [6, 6.07) is 86.2. The fourth-order valence-electron chi connectivity index (χ4n) is 8.85. The Bertz CT molecular complexity index is 3310. The molecule has 276 valence electrons. The maximum absolute atomic E-state index is 2.38. The van der Waals surface area contributed by atoms with Crippen LogP contribution in [0.15, 0.2) is 237 Å². The summed E-state index contributed by atoms with van der Waals surface area (Å²) in [6.45, 7) is 0. The normalized spacial score (nSPS) is 11.4. The van der Waals surface area contributed by atoms with Gasteiger partial charge in [-0.2, -0.15) is 0 Å². The van der Waals surface area contributed by atoms with Crippen LogP contribution in [0.5, 0.6) is 0 Å². The molecular weight excluding hydrogens is 711 g/mol. The molecule has 0 radical (unpaired) electrons. The van der Waals surface area contributed by atoms with Gasteiger partial charge in [0.1, 0.15) is 0 Å². The minimum atomic E-state index is 1.10. The van der Waals surface area contributed by atoms with Crippen LogP contribution < -0.4 is 4.90 Å². The van der Waals surface area contributed by atoms with E-state index >= 15 is 0 Å². The molecule has 0 amide bonds. The van der Waals surface area contributed by atoms with Gasteiger partial charge in [0.05, 0.1) is 0 Å².